The maximum absolute atomic E-state index is 14.4. The molecule has 1 aliphatic rings. The third kappa shape index (κ3) is 24.1. The number of nitrogens with two attached hydrogens (primary N) is 1. The van der Waals surface area contributed by atoms with E-state index >= 15 is 0 Å². The number of aromatic amines is 1. The van der Waals surface area contributed by atoms with Gasteiger partial charge in [0.15, 0.2) is 35.7 Å². The summed E-state index contributed by atoms with van der Waals surface area (Å²) in [5.74, 6) is -2.08. The van der Waals surface area contributed by atoms with Crippen molar-refractivity contribution in [1.29, 1.82) is 0 Å². The van der Waals surface area contributed by atoms with Crippen LogP contribution in [0.4, 0.5) is 5.95 Å². The summed E-state index contributed by atoms with van der Waals surface area (Å²) >= 11 is 0. The number of aromatic nitrogens is 4. The van der Waals surface area contributed by atoms with Crippen LogP contribution in [0, 0.1) is 5.92 Å². The molecule has 2 aromatic rings. The van der Waals surface area contributed by atoms with Crippen molar-refractivity contribution >= 4 is 53.3 Å². The van der Waals surface area contributed by atoms with Crippen LogP contribution in [0.25, 0.3) is 11.2 Å². The number of carbonyl (C=O) groups excluding carboxylic acids is 4. The Balaban J connectivity index is 0.0000168. The van der Waals surface area contributed by atoms with Gasteiger partial charge in [0.2, 0.25) is 5.95 Å². The SMILES string of the molecule is CCCCCCCCCCCCCCCC(=O)O[C@@H]1[C@H](OC(=O)CCCCCCCCCCCCCCC)[C@@H](C(=O)N[C@@H](CCCCN)C(=O)OC)O[C@H]1n1cnc2c(=O)[nH]c(NCC(C)C)nc21.Cl. The van der Waals surface area contributed by atoms with E-state index in [1.165, 1.54) is 134 Å². The standard InChI is InChI=1S/C53H93N7O9.ClH/c1-6-8-10-12-14-16-18-20-22-24-26-28-30-35-42(61)67-45-46(50(64)57-41(52(65)66-5)34-32-33-37-54)69-51(60-39-56-44-48(60)58-53(59-49(44)63)55-38-40(3)4)47(45)68-43(62)36-31-29-27-25-23-21-19-17-15-13-11-9-7-2;/h39-41,45-47,51H,6-38,54H2,1-5H3,(H,57,64)(H2,55,58,59,63);1H/t41-,45+,46-,47+,51+;/m0./s1. The summed E-state index contributed by atoms with van der Waals surface area (Å²) in [7, 11) is 1.24. The summed E-state index contributed by atoms with van der Waals surface area (Å²) in [6.45, 7) is 9.45. The maximum atomic E-state index is 14.4. The first-order valence-corrected chi connectivity index (χ1v) is 27.4. The highest BCUT2D eigenvalue weighted by molar-refractivity contribution is 5.88. The third-order valence-electron chi connectivity index (χ3n) is 13.1. The van der Waals surface area contributed by atoms with Crippen molar-refractivity contribution in [3.8, 4) is 0 Å². The lowest BCUT2D eigenvalue weighted by atomic mass is 10.0. The van der Waals surface area contributed by atoms with E-state index in [1.54, 1.807) is 0 Å². The number of halogens is 1. The first-order chi connectivity index (χ1) is 33.5. The lowest BCUT2D eigenvalue weighted by Crippen LogP contribution is -2.51. The molecular weight excluding hydrogens is 914 g/mol. The molecular formula is C53H94ClN7O9. The number of hydrogen-bond acceptors (Lipinski definition) is 13. The van der Waals surface area contributed by atoms with Crippen molar-refractivity contribution in [1.82, 2.24) is 24.8 Å². The topological polar surface area (TPSA) is 219 Å². The van der Waals surface area contributed by atoms with Crippen molar-refractivity contribution in [3.63, 3.8) is 0 Å². The number of imidazole rings is 1. The molecule has 0 unspecified atom stereocenters. The Morgan fingerprint density at radius 3 is 1.64 bits per heavy atom. The minimum absolute atomic E-state index is 0. The van der Waals surface area contributed by atoms with Crippen molar-refractivity contribution in [2.45, 2.75) is 257 Å². The molecule has 0 aliphatic carbocycles. The van der Waals surface area contributed by atoms with E-state index in [2.05, 4.69) is 39.4 Å². The monoisotopic (exact) mass is 1010 g/mol. The molecule has 3 rings (SSSR count). The van der Waals surface area contributed by atoms with Crippen LogP contribution in [-0.2, 0) is 38.1 Å². The molecule has 17 heteroatoms. The minimum atomic E-state index is -1.53. The Bertz CT molecular complexity index is 1790. The molecule has 2 aromatic heterocycles. The quantitative estimate of drug-likeness (QED) is 0.0277. The van der Waals surface area contributed by atoms with E-state index in [0.29, 0.717) is 38.8 Å². The van der Waals surface area contributed by atoms with Crippen LogP contribution < -0.4 is 21.9 Å². The van der Waals surface area contributed by atoms with E-state index in [0.717, 1.165) is 38.5 Å². The lowest BCUT2D eigenvalue weighted by Gasteiger charge is -2.25. The Labute approximate surface area is 426 Å². The number of H-pyrrole nitrogens is 1. The number of ether oxygens (including phenoxy) is 4. The van der Waals surface area contributed by atoms with Crippen molar-refractivity contribution in [2.75, 3.05) is 25.5 Å². The number of nitrogens with zero attached hydrogens (tertiary/aromatic N) is 3. The van der Waals surface area contributed by atoms with Gasteiger partial charge >= 0.3 is 17.9 Å². The molecule has 0 bridgehead atoms. The van der Waals surface area contributed by atoms with Crippen LogP contribution in [0.5, 0.6) is 0 Å². The molecule has 1 saturated heterocycles. The third-order valence-corrected chi connectivity index (χ3v) is 13.1. The Kier molecular flexibility index (Phi) is 33.8. The van der Waals surface area contributed by atoms with Gasteiger partial charge in [0, 0.05) is 19.4 Å². The maximum Gasteiger partial charge on any atom is 0.328 e. The number of methoxy groups -OCH3 is 1. The first-order valence-electron chi connectivity index (χ1n) is 27.4. The number of anilines is 1. The number of hydrogen-bond donors (Lipinski definition) is 4. The van der Waals surface area contributed by atoms with Gasteiger partial charge in [-0.25, -0.2) is 9.78 Å². The number of rotatable bonds is 41. The van der Waals surface area contributed by atoms with Gasteiger partial charge in [-0.1, -0.05) is 182 Å². The van der Waals surface area contributed by atoms with Crippen LogP contribution in [-0.4, -0.2) is 87.9 Å². The van der Waals surface area contributed by atoms with Gasteiger partial charge in [-0.15, -0.1) is 12.4 Å². The molecule has 5 N–H and O–H groups in total. The number of fused-ring (bicyclic) bond motifs is 1. The molecule has 0 aromatic carbocycles. The van der Waals surface area contributed by atoms with E-state index in [-0.39, 0.29) is 54.7 Å². The van der Waals surface area contributed by atoms with Crippen molar-refractivity contribution in [3.05, 3.63) is 16.7 Å². The number of esters is 3. The molecule has 16 nitrogen and oxygen atoms in total. The van der Waals surface area contributed by atoms with Gasteiger partial charge in [-0.3, -0.25) is 28.7 Å². The second-order valence-electron chi connectivity index (χ2n) is 19.7. The van der Waals surface area contributed by atoms with Crippen LogP contribution in [0.1, 0.15) is 233 Å². The Hall–Kier alpha value is -3.76. The van der Waals surface area contributed by atoms with Gasteiger partial charge in [-0.2, -0.15) is 4.98 Å². The fraction of sp³-hybridized carbons (Fsp3) is 0.830. The highest BCUT2D eigenvalue weighted by atomic mass is 35.5. The lowest BCUT2D eigenvalue weighted by molar-refractivity contribution is -0.169. The van der Waals surface area contributed by atoms with E-state index in [9.17, 15) is 24.0 Å². The summed E-state index contributed by atoms with van der Waals surface area (Å²) in [6.07, 6.45) is 27.4. The molecule has 70 heavy (non-hydrogen) atoms. The zero-order valence-electron chi connectivity index (χ0n) is 43.9. The predicted molar refractivity (Wildman–Crippen MR) is 280 cm³/mol. The van der Waals surface area contributed by atoms with Gasteiger partial charge in [0.05, 0.1) is 13.4 Å². The van der Waals surface area contributed by atoms with Crippen molar-refractivity contribution in [2.24, 2.45) is 11.7 Å². The fourth-order valence-electron chi connectivity index (χ4n) is 8.96. The summed E-state index contributed by atoms with van der Waals surface area (Å²) in [5.41, 5.74) is 5.33. The minimum Gasteiger partial charge on any atom is -0.467 e. The van der Waals surface area contributed by atoms with Crippen LogP contribution >= 0.6 is 12.4 Å². The summed E-state index contributed by atoms with van der Waals surface area (Å²) in [5, 5.41) is 5.89. The van der Waals surface area contributed by atoms with E-state index < -0.39 is 60.0 Å². The number of carbonyl (C=O) groups is 4. The first kappa shape index (κ1) is 62.4. The molecule has 3 heterocycles. The second kappa shape index (κ2) is 37.9. The largest absolute Gasteiger partial charge is 0.467 e. The molecule has 1 amide bonds. The van der Waals surface area contributed by atoms with Gasteiger partial charge < -0.3 is 35.3 Å². The molecule has 1 fully saturated rings. The van der Waals surface area contributed by atoms with Gasteiger partial charge in [0.1, 0.15) is 6.04 Å². The predicted octanol–water partition coefficient (Wildman–Crippen LogP) is 11.1. The Morgan fingerprint density at radius 2 is 1.19 bits per heavy atom. The molecule has 0 saturated carbocycles. The highest BCUT2D eigenvalue weighted by Gasteiger charge is 2.54. The summed E-state index contributed by atoms with van der Waals surface area (Å²) < 4.78 is 25.3. The van der Waals surface area contributed by atoms with Crippen molar-refractivity contribution < 1.29 is 38.1 Å². The zero-order valence-corrected chi connectivity index (χ0v) is 44.7. The second-order valence-corrected chi connectivity index (χ2v) is 19.7. The van der Waals surface area contributed by atoms with Gasteiger partial charge in [0.25, 0.3) is 11.5 Å². The Morgan fingerprint density at radius 1 is 0.714 bits per heavy atom. The molecule has 5 atom stereocenters. The number of amides is 1. The molecule has 1 aliphatic heterocycles. The fourth-order valence-corrected chi connectivity index (χ4v) is 8.96. The van der Waals surface area contributed by atoms with Gasteiger partial charge in [-0.05, 0) is 44.6 Å². The van der Waals surface area contributed by atoms with Crippen LogP contribution in [0.2, 0.25) is 0 Å². The normalized spacial score (nSPS) is 17.1. The van der Waals surface area contributed by atoms with E-state index in [4.69, 9.17) is 24.7 Å². The van der Waals surface area contributed by atoms with E-state index in [1.807, 2.05) is 13.8 Å². The van der Waals surface area contributed by atoms with Crippen LogP contribution in [0.3, 0.4) is 0 Å². The average molecular weight is 1010 g/mol. The average Bonchev–Trinajstić information content (AvgIpc) is 3.91. The molecule has 402 valence electrons. The van der Waals surface area contributed by atoms with Crippen LogP contribution in [0.15, 0.2) is 11.1 Å². The molecule has 0 spiro atoms. The summed E-state index contributed by atoms with van der Waals surface area (Å²) in [4.78, 5) is 79.8. The smallest absolute Gasteiger partial charge is 0.328 e. The number of nitrogens with one attached hydrogen (secondary N) is 3. The highest BCUT2D eigenvalue weighted by Crippen LogP contribution is 2.36. The number of unbranched alkanes of at least 4 members (excludes halogenated alkanes) is 25. The summed E-state index contributed by atoms with van der Waals surface area (Å²) in [6, 6.07) is -1.04. The molecule has 0 radical (unpaired) electrons. The zero-order chi connectivity index (χ0) is 50.1.